The molecule has 1 aromatic carbocycles. The zero-order valence-corrected chi connectivity index (χ0v) is 11.9. The summed E-state index contributed by atoms with van der Waals surface area (Å²) >= 11 is 11.9. The van der Waals surface area contributed by atoms with Gasteiger partial charge < -0.3 is 5.32 Å². The zero-order valence-electron chi connectivity index (χ0n) is 10.4. The number of rotatable bonds is 4. The number of aromatic nitrogens is 2. The number of carbonyl (C=O) groups excluding carboxylic acids is 1. The fourth-order valence-electron chi connectivity index (χ4n) is 1.67. The lowest BCUT2D eigenvalue weighted by molar-refractivity contribution is -0.116. The third kappa shape index (κ3) is 3.72. The highest BCUT2D eigenvalue weighted by molar-refractivity contribution is 6.43. The lowest BCUT2D eigenvalue weighted by atomic mass is 10.2. The van der Waals surface area contributed by atoms with Gasteiger partial charge in [0, 0.05) is 19.7 Å². The van der Waals surface area contributed by atoms with Gasteiger partial charge in [0.25, 0.3) is 0 Å². The number of aryl methyl sites for hydroxylation is 2. The van der Waals surface area contributed by atoms with Crippen molar-refractivity contribution in [1.29, 1.82) is 0 Å². The van der Waals surface area contributed by atoms with Gasteiger partial charge >= 0.3 is 0 Å². The number of halogens is 2. The van der Waals surface area contributed by atoms with Crippen LogP contribution in [0.3, 0.4) is 0 Å². The average molecular weight is 298 g/mol. The topological polar surface area (TPSA) is 46.9 Å². The van der Waals surface area contributed by atoms with Crippen LogP contribution in [0.25, 0.3) is 0 Å². The van der Waals surface area contributed by atoms with Crippen molar-refractivity contribution in [2.45, 2.75) is 12.8 Å². The van der Waals surface area contributed by atoms with Crippen molar-refractivity contribution in [3.8, 4) is 0 Å². The van der Waals surface area contributed by atoms with Gasteiger partial charge in [0.15, 0.2) is 0 Å². The van der Waals surface area contributed by atoms with Crippen molar-refractivity contribution >= 4 is 34.8 Å². The van der Waals surface area contributed by atoms with Gasteiger partial charge in [-0.05, 0) is 24.1 Å². The summed E-state index contributed by atoms with van der Waals surface area (Å²) in [5.74, 6) is -0.104. The molecule has 0 saturated carbocycles. The summed E-state index contributed by atoms with van der Waals surface area (Å²) in [5, 5.41) is 7.58. The van der Waals surface area contributed by atoms with Gasteiger partial charge in [-0.1, -0.05) is 29.3 Å². The van der Waals surface area contributed by atoms with E-state index in [2.05, 4.69) is 10.4 Å². The molecule has 6 heteroatoms. The Kier molecular flexibility index (Phi) is 4.45. The minimum atomic E-state index is -0.104. The minimum Gasteiger partial charge on any atom is -0.325 e. The highest BCUT2D eigenvalue weighted by Gasteiger charge is 2.08. The molecule has 0 spiro atoms. The van der Waals surface area contributed by atoms with E-state index in [1.165, 1.54) is 0 Å². The first-order chi connectivity index (χ1) is 9.06. The van der Waals surface area contributed by atoms with E-state index in [-0.39, 0.29) is 5.91 Å². The molecule has 100 valence electrons. The number of hydrogen-bond acceptors (Lipinski definition) is 2. The van der Waals surface area contributed by atoms with Crippen LogP contribution in [0.15, 0.2) is 30.6 Å². The van der Waals surface area contributed by atoms with Gasteiger partial charge in [-0.2, -0.15) is 5.10 Å². The van der Waals surface area contributed by atoms with E-state index in [0.29, 0.717) is 28.6 Å². The van der Waals surface area contributed by atoms with Crippen LogP contribution in [0, 0.1) is 0 Å². The van der Waals surface area contributed by atoms with Gasteiger partial charge in [0.05, 0.1) is 21.9 Å². The Labute approximate surface area is 121 Å². The maximum atomic E-state index is 11.8. The first-order valence-electron chi connectivity index (χ1n) is 5.77. The fourth-order valence-corrected chi connectivity index (χ4v) is 2.02. The van der Waals surface area contributed by atoms with Crippen LogP contribution in [0.4, 0.5) is 5.69 Å². The predicted molar refractivity (Wildman–Crippen MR) is 76.6 cm³/mol. The number of anilines is 1. The summed E-state index contributed by atoms with van der Waals surface area (Å²) < 4.78 is 1.71. The monoisotopic (exact) mass is 297 g/mol. The predicted octanol–water partition coefficient (Wildman–Crippen LogP) is 3.30. The normalized spacial score (nSPS) is 10.5. The zero-order chi connectivity index (χ0) is 13.8. The molecule has 0 radical (unpaired) electrons. The maximum absolute atomic E-state index is 11.8. The third-order valence-corrected chi connectivity index (χ3v) is 3.44. The number of hydrogen-bond donors (Lipinski definition) is 1. The first-order valence-corrected chi connectivity index (χ1v) is 6.53. The van der Waals surface area contributed by atoms with Crippen molar-refractivity contribution in [3.63, 3.8) is 0 Å². The fraction of sp³-hybridized carbons (Fsp3) is 0.231. The number of nitrogens with one attached hydrogen (secondary N) is 1. The van der Waals surface area contributed by atoms with E-state index in [4.69, 9.17) is 23.2 Å². The second-order valence-electron chi connectivity index (χ2n) is 4.17. The number of amides is 1. The molecule has 1 N–H and O–H groups in total. The van der Waals surface area contributed by atoms with Gasteiger partial charge in [-0.25, -0.2) is 0 Å². The number of benzene rings is 1. The van der Waals surface area contributed by atoms with Crippen LogP contribution >= 0.6 is 23.2 Å². The highest BCUT2D eigenvalue weighted by atomic mass is 35.5. The highest BCUT2D eigenvalue weighted by Crippen LogP contribution is 2.29. The van der Waals surface area contributed by atoms with Gasteiger partial charge in [0.1, 0.15) is 0 Å². The molecule has 1 heterocycles. The summed E-state index contributed by atoms with van der Waals surface area (Å²) in [6.45, 7) is 0. The smallest absolute Gasteiger partial charge is 0.224 e. The molecule has 2 rings (SSSR count). The summed E-state index contributed by atoms with van der Waals surface area (Å²) in [6, 6.07) is 5.14. The molecule has 1 aromatic heterocycles. The van der Waals surface area contributed by atoms with Crippen LogP contribution in [0.2, 0.25) is 10.0 Å². The summed E-state index contributed by atoms with van der Waals surface area (Å²) in [6.07, 6.45) is 4.64. The largest absolute Gasteiger partial charge is 0.325 e. The average Bonchev–Trinajstić information content (AvgIpc) is 2.78. The van der Waals surface area contributed by atoms with Crippen molar-refractivity contribution in [2.24, 2.45) is 7.05 Å². The molecule has 0 aliphatic heterocycles. The lowest BCUT2D eigenvalue weighted by Crippen LogP contribution is -2.12. The quantitative estimate of drug-likeness (QED) is 0.941. The Balaban J connectivity index is 1.92. The van der Waals surface area contributed by atoms with Crippen molar-refractivity contribution in [2.75, 3.05) is 5.32 Å². The molecule has 4 nitrogen and oxygen atoms in total. The Bertz CT molecular complexity index is 595. The second kappa shape index (κ2) is 6.08. The molecule has 19 heavy (non-hydrogen) atoms. The van der Waals surface area contributed by atoms with Crippen LogP contribution < -0.4 is 5.32 Å². The van der Waals surface area contributed by atoms with Gasteiger partial charge in [-0.15, -0.1) is 0 Å². The Morgan fingerprint density at radius 3 is 2.89 bits per heavy atom. The van der Waals surface area contributed by atoms with E-state index in [1.54, 1.807) is 29.1 Å². The molecule has 0 aliphatic rings. The molecule has 0 unspecified atom stereocenters. The van der Waals surface area contributed by atoms with Crippen LogP contribution in [0.1, 0.15) is 12.0 Å². The lowest BCUT2D eigenvalue weighted by Gasteiger charge is -2.07. The van der Waals surface area contributed by atoms with Gasteiger partial charge in [-0.3, -0.25) is 9.48 Å². The maximum Gasteiger partial charge on any atom is 0.224 e. The first kappa shape index (κ1) is 13.9. The van der Waals surface area contributed by atoms with Crippen molar-refractivity contribution in [3.05, 3.63) is 46.2 Å². The minimum absolute atomic E-state index is 0.104. The molecule has 1 amide bonds. The summed E-state index contributed by atoms with van der Waals surface area (Å²) in [4.78, 5) is 11.8. The number of carbonyl (C=O) groups is 1. The standard InChI is InChI=1S/C13H13Cl2N3O/c1-18-8-9(7-16-18)5-6-12(19)17-11-4-2-3-10(14)13(11)15/h2-4,7-8H,5-6H2,1H3,(H,17,19). The Morgan fingerprint density at radius 1 is 1.42 bits per heavy atom. The van der Waals surface area contributed by atoms with Crippen molar-refractivity contribution < 1.29 is 4.79 Å². The molecule has 0 aliphatic carbocycles. The molecule has 0 bridgehead atoms. The molecular weight excluding hydrogens is 285 g/mol. The van der Waals surface area contributed by atoms with E-state index in [1.807, 2.05) is 13.2 Å². The van der Waals surface area contributed by atoms with E-state index in [0.717, 1.165) is 5.56 Å². The van der Waals surface area contributed by atoms with E-state index >= 15 is 0 Å². The SMILES string of the molecule is Cn1cc(CCC(=O)Nc2cccc(Cl)c2Cl)cn1. The Morgan fingerprint density at radius 2 is 2.21 bits per heavy atom. The van der Waals surface area contributed by atoms with Crippen LogP contribution in [0.5, 0.6) is 0 Å². The van der Waals surface area contributed by atoms with E-state index < -0.39 is 0 Å². The molecule has 2 aromatic rings. The third-order valence-electron chi connectivity index (χ3n) is 2.62. The van der Waals surface area contributed by atoms with Crippen LogP contribution in [-0.2, 0) is 18.3 Å². The molecule has 0 atom stereocenters. The second-order valence-corrected chi connectivity index (χ2v) is 4.96. The van der Waals surface area contributed by atoms with Gasteiger partial charge in [0.2, 0.25) is 5.91 Å². The molecular formula is C13H13Cl2N3O. The van der Waals surface area contributed by atoms with E-state index in [9.17, 15) is 4.79 Å². The molecule has 0 saturated heterocycles. The Hall–Kier alpha value is -1.52. The summed E-state index contributed by atoms with van der Waals surface area (Å²) in [5.41, 5.74) is 1.56. The summed E-state index contributed by atoms with van der Waals surface area (Å²) in [7, 11) is 1.84. The van der Waals surface area contributed by atoms with Crippen molar-refractivity contribution in [1.82, 2.24) is 9.78 Å². The number of nitrogens with zero attached hydrogens (tertiary/aromatic N) is 2. The molecule has 0 fully saturated rings. The van der Waals surface area contributed by atoms with Crippen LogP contribution in [-0.4, -0.2) is 15.7 Å².